The zero-order valence-electron chi connectivity index (χ0n) is 10.3. The van der Waals surface area contributed by atoms with Crippen molar-refractivity contribution in [3.8, 4) is 0 Å². The van der Waals surface area contributed by atoms with Crippen LogP contribution >= 0.6 is 23.2 Å². The summed E-state index contributed by atoms with van der Waals surface area (Å²) in [7, 11) is 0. The van der Waals surface area contributed by atoms with Crippen LogP contribution in [0.1, 0.15) is 13.3 Å². The molecule has 0 N–H and O–H groups in total. The second-order valence-corrected chi connectivity index (χ2v) is 5.16. The molecule has 1 saturated heterocycles. The van der Waals surface area contributed by atoms with Crippen LogP contribution in [-0.2, 0) is 4.79 Å². The van der Waals surface area contributed by atoms with Gasteiger partial charge in [-0.3, -0.25) is 4.79 Å². The van der Waals surface area contributed by atoms with E-state index in [9.17, 15) is 4.79 Å². The molecule has 0 spiro atoms. The van der Waals surface area contributed by atoms with Gasteiger partial charge in [-0.15, -0.1) is 0 Å². The molecule has 1 aliphatic heterocycles. The molecule has 2 rings (SSSR count). The molecule has 0 aliphatic carbocycles. The Morgan fingerprint density at radius 3 is 2.44 bits per heavy atom. The Hall–Kier alpha value is -0.930. The fourth-order valence-corrected chi connectivity index (χ4v) is 2.69. The number of piperazine rings is 1. The van der Waals surface area contributed by atoms with Crippen molar-refractivity contribution in [3.05, 3.63) is 28.2 Å². The number of anilines is 1. The number of carbonyl (C=O) groups is 1. The number of hydrogen-bond acceptors (Lipinski definition) is 2. The Morgan fingerprint density at radius 2 is 1.89 bits per heavy atom. The van der Waals surface area contributed by atoms with Gasteiger partial charge in [0, 0.05) is 37.6 Å². The topological polar surface area (TPSA) is 23.6 Å². The largest absolute Gasteiger partial charge is 0.367 e. The van der Waals surface area contributed by atoms with Crippen molar-refractivity contribution in [1.82, 2.24) is 4.90 Å². The first kappa shape index (κ1) is 13.5. The molecule has 18 heavy (non-hydrogen) atoms. The highest BCUT2D eigenvalue weighted by molar-refractivity contribution is 6.36. The van der Waals surface area contributed by atoms with E-state index >= 15 is 0 Å². The second-order valence-electron chi connectivity index (χ2n) is 4.32. The Morgan fingerprint density at radius 1 is 1.22 bits per heavy atom. The lowest BCUT2D eigenvalue weighted by atomic mass is 10.2. The molecule has 1 aliphatic rings. The van der Waals surface area contributed by atoms with Crippen molar-refractivity contribution in [2.24, 2.45) is 0 Å². The van der Waals surface area contributed by atoms with Crippen LogP contribution in [0, 0.1) is 0 Å². The molecule has 0 radical (unpaired) electrons. The Bertz CT molecular complexity index is 443. The summed E-state index contributed by atoms with van der Waals surface area (Å²) in [5, 5.41) is 1.31. The predicted molar refractivity (Wildman–Crippen MR) is 75.5 cm³/mol. The maximum Gasteiger partial charge on any atom is 0.222 e. The van der Waals surface area contributed by atoms with E-state index in [4.69, 9.17) is 23.2 Å². The minimum absolute atomic E-state index is 0.219. The van der Waals surface area contributed by atoms with Crippen LogP contribution in [0.3, 0.4) is 0 Å². The molecule has 3 nitrogen and oxygen atoms in total. The Kier molecular flexibility index (Phi) is 4.36. The van der Waals surface area contributed by atoms with Gasteiger partial charge in [0.2, 0.25) is 5.91 Å². The third kappa shape index (κ3) is 2.90. The zero-order chi connectivity index (χ0) is 13.1. The quantitative estimate of drug-likeness (QED) is 0.834. The highest BCUT2D eigenvalue weighted by Gasteiger charge is 2.21. The summed E-state index contributed by atoms with van der Waals surface area (Å²) >= 11 is 12.1. The minimum Gasteiger partial charge on any atom is -0.367 e. The monoisotopic (exact) mass is 286 g/mol. The maximum absolute atomic E-state index is 11.6. The second kappa shape index (κ2) is 5.81. The molecule has 1 aromatic rings. The van der Waals surface area contributed by atoms with Crippen molar-refractivity contribution in [2.75, 3.05) is 31.1 Å². The average molecular weight is 287 g/mol. The molecule has 98 valence electrons. The van der Waals surface area contributed by atoms with Gasteiger partial charge in [0.15, 0.2) is 0 Å². The normalized spacial score (nSPS) is 15.9. The van der Waals surface area contributed by atoms with Crippen LogP contribution in [0.4, 0.5) is 5.69 Å². The first-order chi connectivity index (χ1) is 8.61. The van der Waals surface area contributed by atoms with Crippen LogP contribution in [0.2, 0.25) is 10.0 Å². The summed E-state index contributed by atoms with van der Waals surface area (Å²) < 4.78 is 0. The predicted octanol–water partition coefficient (Wildman–Crippen LogP) is 3.05. The molecule has 1 heterocycles. The van der Waals surface area contributed by atoms with Gasteiger partial charge in [0.1, 0.15) is 0 Å². The summed E-state index contributed by atoms with van der Waals surface area (Å²) in [6.07, 6.45) is 0.571. The number of nitrogens with zero attached hydrogens (tertiary/aromatic N) is 2. The lowest BCUT2D eigenvalue weighted by Crippen LogP contribution is -2.48. The van der Waals surface area contributed by atoms with Crippen LogP contribution in [-0.4, -0.2) is 37.0 Å². The third-order valence-corrected chi connectivity index (χ3v) is 3.72. The lowest BCUT2D eigenvalue weighted by molar-refractivity contribution is -0.131. The number of benzene rings is 1. The third-order valence-electron chi connectivity index (χ3n) is 3.19. The maximum atomic E-state index is 11.6. The smallest absolute Gasteiger partial charge is 0.222 e. The van der Waals surface area contributed by atoms with E-state index in [1.807, 2.05) is 24.0 Å². The van der Waals surface area contributed by atoms with Crippen molar-refractivity contribution < 1.29 is 4.79 Å². The summed E-state index contributed by atoms with van der Waals surface area (Å²) in [6.45, 7) is 5.03. The molecular weight excluding hydrogens is 271 g/mol. The van der Waals surface area contributed by atoms with Crippen molar-refractivity contribution >= 4 is 34.8 Å². The van der Waals surface area contributed by atoms with Gasteiger partial charge in [-0.25, -0.2) is 0 Å². The van der Waals surface area contributed by atoms with Gasteiger partial charge in [0.25, 0.3) is 0 Å². The van der Waals surface area contributed by atoms with Crippen LogP contribution < -0.4 is 4.90 Å². The molecule has 1 amide bonds. The Labute approximate surface area is 117 Å². The Balaban J connectivity index is 2.03. The van der Waals surface area contributed by atoms with Gasteiger partial charge in [-0.1, -0.05) is 30.1 Å². The standard InChI is InChI=1S/C13H16Cl2N2O/c1-2-13(18)17-7-5-16(6-8-17)12-4-3-10(14)9-11(12)15/h3-4,9H,2,5-8H2,1H3. The van der Waals surface area contributed by atoms with E-state index < -0.39 is 0 Å². The van der Waals surface area contributed by atoms with Gasteiger partial charge < -0.3 is 9.80 Å². The highest BCUT2D eigenvalue weighted by atomic mass is 35.5. The van der Waals surface area contributed by atoms with E-state index in [0.717, 1.165) is 31.9 Å². The van der Waals surface area contributed by atoms with E-state index in [2.05, 4.69) is 4.90 Å². The molecule has 0 atom stereocenters. The van der Waals surface area contributed by atoms with E-state index in [1.165, 1.54) is 0 Å². The van der Waals surface area contributed by atoms with Gasteiger partial charge in [-0.2, -0.15) is 0 Å². The lowest BCUT2D eigenvalue weighted by Gasteiger charge is -2.36. The molecule has 0 unspecified atom stereocenters. The molecule has 0 aromatic heterocycles. The number of halogens is 2. The number of amides is 1. The summed E-state index contributed by atoms with van der Waals surface area (Å²) in [5.74, 6) is 0.219. The van der Waals surface area contributed by atoms with Gasteiger partial charge in [0.05, 0.1) is 10.7 Å². The number of hydrogen-bond donors (Lipinski definition) is 0. The van der Waals surface area contributed by atoms with Crippen LogP contribution in [0.25, 0.3) is 0 Å². The van der Waals surface area contributed by atoms with E-state index in [1.54, 1.807) is 6.07 Å². The molecule has 1 aromatic carbocycles. The van der Waals surface area contributed by atoms with E-state index in [0.29, 0.717) is 16.5 Å². The van der Waals surface area contributed by atoms with Gasteiger partial charge in [-0.05, 0) is 18.2 Å². The number of rotatable bonds is 2. The minimum atomic E-state index is 0.219. The van der Waals surface area contributed by atoms with Crippen molar-refractivity contribution in [1.29, 1.82) is 0 Å². The highest BCUT2D eigenvalue weighted by Crippen LogP contribution is 2.29. The summed E-state index contributed by atoms with van der Waals surface area (Å²) in [5.41, 5.74) is 0.990. The SMILES string of the molecule is CCC(=O)N1CCN(c2ccc(Cl)cc2Cl)CC1. The van der Waals surface area contributed by atoms with Crippen molar-refractivity contribution in [3.63, 3.8) is 0 Å². The molecular formula is C13H16Cl2N2O. The molecule has 1 fully saturated rings. The van der Waals surface area contributed by atoms with Crippen LogP contribution in [0.5, 0.6) is 0 Å². The molecule has 5 heteroatoms. The molecule has 0 bridgehead atoms. The van der Waals surface area contributed by atoms with E-state index in [-0.39, 0.29) is 5.91 Å². The molecule has 0 saturated carbocycles. The van der Waals surface area contributed by atoms with Gasteiger partial charge >= 0.3 is 0 Å². The summed E-state index contributed by atoms with van der Waals surface area (Å²) in [6, 6.07) is 5.52. The van der Waals surface area contributed by atoms with Crippen molar-refractivity contribution in [2.45, 2.75) is 13.3 Å². The zero-order valence-corrected chi connectivity index (χ0v) is 11.8. The number of carbonyl (C=O) groups excluding carboxylic acids is 1. The summed E-state index contributed by atoms with van der Waals surface area (Å²) in [4.78, 5) is 15.7. The fourth-order valence-electron chi connectivity index (χ4n) is 2.16. The van der Waals surface area contributed by atoms with Crippen LogP contribution in [0.15, 0.2) is 18.2 Å². The first-order valence-corrected chi connectivity index (χ1v) is 6.85. The fraction of sp³-hybridized carbons (Fsp3) is 0.462. The first-order valence-electron chi connectivity index (χ1n) is 6.09. The average Bonchev–Trinajstić information content (AvgIpc) is 2.38.